The maximum absolute atomic E-state index is 13.6. The van der Waals surface area contributed by atoms with Gasteiger partial charge in [0.2, 0.25) is 6.54 Å². The molecule has 3 rings (SSSR count). The van der Waals surface area contributed by atoms with Crippen LogP contribution in [0, 0.1) is 12.5 Å². The first-order chi connectivity index (χ1) is 17.1. The Morgan fingerprint density at radius 2 is 1.97 bits per heavy atom. The first kappa shape index (κ1) is 23.3. The zero-order valence-electron chi connectivity index (χ0n) is 23.0. The third-order valence-electron chi connectivity index (χ3n) is 5.84. The molecule has 3 saturated heterocycles. The molecular formula is C22H40N2O7P2. The van der Waals surface area contributed by atoms with Crippen LogP contribution in [0.4, 0.5) is 0 Å². The maximum atomic E-state index is 13.6. The molecule has 190 valence electrons. The average Bonchev–Trinajstić information content (AvgIpc) is 3.33. The van der Waals surface area contributed by atoms with E-state index in [0.29, 0.717) is 12.8 Å². The summed E-state index contributed by atoms with van der Waals surface area (Å²) in [7, 11) is -5.02. The molecule has 9 nitrogen and oxygen atoms in total. The fourth-order valence-electron chi connectivity index (χ4n) is 4.35. The molecule has 0 spiro atoms. The maximum Gasteiger partial charge on any atom is 0.331 e. The molecule has 3 heterocycles. The minimum atomic E-state index is -3.51. The predicted molar refractivity (Wildman–Crippen MR) is 127 cm³/mol. The predicted octanol–water partition coefficient (Wildman–Crippen LogP) is 4.87. The van der Waals surface area contributed by atoms with E-state index in [9.17, 15) is 4.57 Å². The summed E-state index contributed by atoms with van der Waals surface area (Å²) in [6.07, 6.45) is -0.825. The van der Waals surface area contributed by atoms with Crippen molar-refractivity contribution in [3.63, 3.8) is 0 Å². The molecule has 0 amide bonds. The highest BCUT2D eigenvalue weighted by atomic mass is 31.2. The van der Waals surface area contributed by atoms with Gasteiger partial charge in [-0.3, -0.25) is 4.57 Å². The van der Waals surface area contributed by atoms with Crippen LogP contribution in [0.25, 0.3) is 4.85 Å². The average molecular weight is 512 g/mol. The van der Waals surface area contributed by atoms with Crippen molar-refractivity contribution in [1.29, 1.82) is 0 Å². The molecular weight excluding hydrogens is 466 g/mol. The molecule has 0 N–H and O–H groups in total. The van der Waals surface area contributed by atoms with Crippen molar-refractivity contribution < 1.29 is 36.2 Å². The lowest BCUT2D eigenvalue weighted by molar-refractivity contribution is -0.00650. The Labute approximate surface area is 204 Å². The lowest BCUT2D eigenvalue weighted by Crippen LogP contribution is -2.39. The molecule has 3 aliphatic rings. The minimum Gasteiger partial charge on any atom is -0.376 e. The zero-order valence-corrected chi connectivity index (χ0v) is 21.8. The quantitative estimate of drug-likeness (QED) is 0.221. The van der Waals surface area contributed by atoms with E-state index in [2.05, 4.69) is 37.2 Å². The Hall–Kier alpha value is -0.130. The van der Waals surface area contributed by atoms with Crippen molar-refractivity contribution in [2.45, 2.75) is 90.4 Å². The van der Waals surface area contributed by atoms with E-state index < -0.39 is 53.7 Å². The molecule has 9 atom stereocenters. The Bertz CT molecular complexity index is 785. The smallest absolute Gasteiger partial charge is 0.331 e. The second kappa shape index (κ2) is 12.7. The Morgan fingerprint density at radius 3 is 2.67 bits per heavy atom. The van der Waals surface area contributed by atoms with E-state index in [0.717, 1.165) is 0 Å². The highest BCUT2D eigenvalue weighted by Crippen LogP contribution is 2.57. The lowest BCUT2D eigenvalue weighted by Gasteiger charge is -2.39. The molecule has 0 aliphatic carbocycles. The fraction of sp³-hybridized carbons (Fsp3) is 0.955. The van der Waals surface area contributed by atoms with Gasteiger partial charge in [-0.15, -0.1) is 0 Å². The van der Waals surface area contributed by atoms with Crippen LogP contribution in [0.5, 0.6) is 0 Å². The van der Waals surface area contributed by atoms with Crippen molar-refractivity contribution in [3.8, 4) is 0 Å². The highest BCUT2D eigenvalue weighted by molar-refractivity contribution is 7.53. The van der Waals surface area contributed by atoms with E-state index in [-0.39, 0.29) is 57.2 Å². The molecule has 1 unspecified atom stereocenters. The fourth-order valence-corrected chi connectivity index (χ4v) is 8.32. The van der Waals surface area contributed by atoms with Crippen LogP contribution in [0.2, 0.25) is 0 Å². The van der Waals surface area contributed by atoms with Gasteiger partial charge in [-0.1, -0.05) is 0 Å². The molecule has 0 aromatic carbocycles. The number of hydrogen-bond donors (Lipinski definition) is 0. The summed E-state index contributed by atoms with van der Waals surface area (Å²) in [6.45, 7) is 14.4. The van der Waals surface area contributed by atoms with Crippen molar-refractivity contribution in [1.82, 2.24) is 4.67 Å². The van der Waals surface area contributed by atoms with Crippen LogP contribution in [0.15, 0.2) is 0 Å². The number of rotatable bonds is 11. The van der Waals surface area contributed by atoms with Gasteiger partial charge in [0.25, 0.3) is 8.53 Å². The molecule has 11 heteroatoms. The first-order valence-corrected chi connectivity index (χ1v) is 14.5. The zero-order chi connectivity index (χ0) is 26.5. The molecule has 0 aromatic heterocycles. The van der Waals surface area contributed by atoms with Crippen molar-refractivity contribution in [2.24, 2.45) is 5.92 Å². The standard InChI is InChI=1S/C22H40N2O7P2/c1-16(2)24(17(3)4)32(28-14-10-23-6)30-21-9-12-27-22(21)19-7-13-29-33(25,15-19)31-20-8-11-26-18(20)5/h16-22H,7-15H2,1-5H3/t18-,19-,20+,21+,22-,32?,33-/m1/s1/i5D,11T,12T/t11-,12-,18-,19-,20+,21+,22-,32?,33-. The van der Waals surface area contributed by atoms with Crippen molar-refractivity contribution >= 4 is 16.1 Å². The van der Waals surface area contributed by atoms with Gasteiger partial charge in [-0.05, 0) is 47.4 Å². The summed E-state index contributed by atoms with van der Waals surface area (Å²) >= 11 is 0. The van der Waals surface area contributed by atoms with Crippen LogP contribution >= 0.6 is 16.1 Å². The molecule has 0 bridgehead atoms. The van der Waals surface area contributed by atoms with Gasteiger partial charge in [-0.25, -0.2) is 11.2 Å². The third-order valence-corrected chi connectivity index (χ3v) is 10.1. The van der Waals surface area contributed by atoms with Gasteiger partial charge >= 0.3 is 7.60 Å². The summed E-state index contributed by atoms with van der Waals surface area (Å²) in [5, 5.41) is 0. The largest absolute Gasteiger partial charge is 0.376 e. The molecule has 33 heavy (non-hydrogen) atoms. The summed E-state index contributed by atoms with van der Waals surface area (Å²) in [5.74, 6) is -0.208. The molecule has 3 fully saturated rings. The molecule has 0 radical (unpaired) electrons. The van der Waals surface area contributed by atoms with Gasteiger partial charge < -0.3 is 32.4 Å². The van der Waals surface area contributed by atoms with Crippen LogP contribution in [0.3, 0.4) is 0 Å². The highest BCUT2D eigenvalue weighted by Gasteiger charge is 2.46. The van der Waals surface area contributed by atoms with Crippen LogP contribution in [-0.4, -0.2) is 80.3 Å². The second-order valence-corrected chi connectivity index (χ2v) is 12.5. The molecule has 0 aromatic rings. The van der Waals surface area contributed by atoms with Gasteiger partial charge in [0.1, 0.15) is 6.61 Å². The summed E-state index contributed by atoms with van der Waals surface area (Å²) < 4.78 is 74.9. The minimum absolute atomic E-state index is 0.0785. The van der Waals surface area contributed by atoms with Crippen molar-refractivity contribution in [3.05, 3.63) is 11.4 Å². The van der Waals surface area contributed by atoms with E-state index in [1.807, 2.05) is 0 Å². The molecule has 3 aliphatic heterocycles. The number of nitrogens with zero attached hydrogens (tertiary/aromatic N) is 2. The van der Waals surface area contributed by atoms with Gasteiger partial charge in [0.15, 0.2) is 0 Å². The van der Waals surface area contributed by atoms with E-state index in [1.165, 1.54) is 0 Å². The second-order valence-electron chi connectivity index (χ2n) is 9.06. The Kier molecular flexibility index (Phi) is 8.97. The summed E-state index contributed by atoms with van der Waals surface area (Å²) in [5.41, 5.74) is 0. The summed E-state index contributed by atoms with van der Waals surface area (Å²) in [6, 6.07) is 0.292. The lowest BCUT2D eigenvalue weighted by atomic mass is 9.97. The SMILES string of the molecule is [2H]C[C@H]1O[C@H]([3H])C[C@@H]1O[P@@]1(=O)C[C@H]([C@H]2O[C@H]([3H])C[C@@H]2OP(OCC[N+]#[C-])N(C(C)C)C(C)C)CCO1. The van der Waals surface area contributed by atoms with E-state index in [4.69, 9.17) is 38.3 Å². The normalized spacial score (nSPS) is 41.8. The van der Waals surface area contributed by atoms with Gasteiger partial charge in [-0.2, -0.15) is 0 Å². The molecule has 0 saturated carbocycles. The monoisotopic (exact) mass is 511 g/mol. The van der Waals surface area contributed by atoms with Gasteiger partial charge in [0, 0.05) is 39.0 Å². The third kappa shape index (κ3) is 7.43. The summed E-state index contributed by atoms with van der Waals surface area (Å²) in [4.78, 5) is 3.38. The van der Waals surface area contributed by atoms with Crippen LogP contribution in [0.1, 0.15) is 58.0 Å². The van der Waals surface area contributed by atoms with E-state index >= 15 is 0 Å². The number of ether oxygens (including phenoxy) is 2. The van der Waals surface area contributed by atoms with Crippen molar-refractivity contribution in [2.75, 3.05) is 39.1 Å². The Morgan fingerprint density at radius 1 is 1.24 bits per heavy atom. The number of hydrogen-bond acceptors (Lipinski definition) is 8. The Balaban J connectivity index is 1.72. The van der Waals surface area contributed by atoms with Gasteiger partial charge in [0.05, 0.1) is 39.9 Å². The topological polar surface area (TPSA) is 80.1 Å². The van der Waals surface area contributed by atoms with Crippen LogP contribution in [-0.2, 0) is 32.1 Å². The first-order valence-electron chi connectivity index (χ1n) is 13.5. The van der Waals surface area contributed by atoms with Crippen LogP contribution < -0.4 is 0 Å². The van der Waals surface area contributed by atoms with E-state index in [1.54, 1.807) is 0 Å².